The van der Waals surface area contributed by atoms with Crippen molar-refractivity contribution in [2.24, 2.45) is 5.73 Å². The van der Waals surface area contributed by atoms with Crippen molar-refractivity contribution in [3.8, 4) is 0 Å². The molecule has 0 aliphatic rings. The van der Waals surface area contributed by atoms with Crippen molar-refractivity contribution < 1.29 is 13.9 Å². The number of hydrogen-bond acceptors (Lipinski definition) is 3. The third-order valence-corrected chi connectivity index (χ3v) is 2.99. The second-order valence-corrected chi connectivity index (χ2v) is 4.83. The zero-order valence-electron chi connectivity index (χ0n) is 10.4. The third kappa shape index (κ3) is 3.68. The maximum atomic E-state index is 13.7. The lowest BCUT2D eigenvalue weighted by atomic mass is 10.1. The van der Waals surface area contributed by atoms with E-state index in [2.05, 4.69) is 15.9 Å². The number of anilines is 1. The molecule has 0 spiro atoms. The summed E-state index contributed by atoms with van der Waals surface area (Å²) in [4.78, 5) is 13.1. The van der Waals surface area contributed by atoms with Crippen molar-refractivity contribution in [1.82, 2.24) is 0 Å². The molecule has 0 aromatic heterocycles. The fourth-order valence-electron chi connectivity index (χ4n) is 1.67. The molecule has 4 nitrogen and oxygen atoms in total. The molecule has 6 heteroatoms. The number of nitrogens with two attached hydrogens (primary N) is 1. The molecule has 1 aromatic carbocycles. The van der Waals surface area contributed by atoms with E-state index in [1.165, 1.54) is 6.07 Å². The molecule has 0 heterocycles. The summed E-state index contributed by atoms with van der Waals surface area (Å²) in [6.45, 7) is 1.25. The highest BCUT2D eigenvalue weighted by Crippen LogP contribution is 2.27. The third-order valence-electron chi connectivity index (χ3n) is 2.53. The van der Waals surface area contributed by atoms with Gasteiger partial charge in [-0.3, -0.25) is 4.79 Å². The lowest BCUT2D eigenvalue weighted by molar-refractivity contribution is 0.0997. The SMILES string of the molecule is COCCCN(C)c1cc(Br)cc(F)c1C(N)=O. The van der Waals surface area contributed by atoms with Gasteiger partial charge in [0.25, 0.3) is 5.91 Å². The molecule has 0 fully saturated rings. The fourth-order valence-corrected chi connectivity index (χ4v) is 2.09. The Morgan fingerprint density at radius 2 is 2.22 bits per heavy atom. The molecular weight excluding hydrogens is 303 g/mol. The lowest BCUT2D eigenvalue weighted by Crippen LogP contribution is -2.25. The average molecular weight is 319 g/mol. The first kappa shape index (κ1) is 14.9. The Bertz CT molecular complexity index is 440. The van der Waals surface area contributed by atoms with Gasteiger partial charge in [-0.05, 0) is 18.6 Å². The van der Waals surface area contributed by atoms with Crippen LogP contribution >= 0.6 is 15.9 Å². The Hall–Kier alpha value is -1.14. The second-order valence-electron chi connectivity index (χ2n) is 3.91. The summed E-state index contributed by atoms with van der Waals surface area (Å²) in [6.07, 6.45) is 0.777. The molecule has 1 aromatic rings. The maximum absolute atomic E-state index is 13.7. The minimum absolute atomic E-state index is 0.0851. The first-order valence-electron chi connectivity index (χ1n) is 5.46. The first-order valence-corrected chi connectivity index (χ1v) is 6.25. The molecule has 0 atom stereocenters. The number of hydrogen-bond donors (Lipinski definition) is 1. The van der Waals surface area contributed by atoms with Crippen LogP contribution in [-0.2, 0) is 4.74 Å². The van der Waals surface area contributed by atoms with E-state index in [1.54, 1.807) is 25.1 Å². The van der Waals surface area contributed by atoms with Crippen LogP contribution in [0.15, 0.2) is 16.6 Å². The van der Waals surface area contributed by atoms with Crippen LogP contribution in [0.25, 0.3) is 0 Å². The zero-order chi connectivity index (χ0) is 13.7. The molecule has 2 N–H and O–H groups in total. The van der Waals surface area contributed by atoms with Gasteiger partial charge in [0.2, 0.25) is 0 Å². The van der Waals surface area contributed by atoms with E-state index in [1.807, 2.05) is 0 Å². The van der Waals surface area contributed by atoms with Crippen LogP contribution in [-0.4, -0.2) is 33.2 Å². The summed E-state index contributed by atoms with van der Waals surface area (Å²) in [6, 6.07) is 2.91. The van der Waals surface area contributed by atoms with E-state index < -0.39 is 11.7 Å². The molecule has 0 aliphatic heterocycles. The molecule has 18 heavy (non-hydrogen) atoms. The number of primary amides is 1. The number of methoxy groups -OCH3 is 1. The minimum Gasteiger partial charge on any atom is -0.385 e. The second kappa shape index (κ2) is 6.70. The van der Waals surface area contributed by atoms with Crippen molar-refractivity contribution in [2.45, 2.75) is 6.42 Å². The van der Waals surface area contributed by atoms with E-state index in [4.69, 9.17) is 10.5 Å². The van der Waals surface area contributed by atoms with E-state index in [-0.39, 0.29) is 5.56 Å². The number of carbonyl (C=O) groups excluding carboxylic acids is 1. The largest absolute Gasteiger partial charge is 0.385 e. The van der Waals surface area contributed by atoms with Crippen molar-refractivity contribution in [3.05, 3.63) is 28.0 Å². The van der Waals surface area contributed by atoms with Gasteiger partial charge in [-0.2, -0.15) is 0 Å². The van der Waals surface area contributed by atoms with Crippen molar-refractivity contribution >= 4 is 27.5 Å². The zero-order valence-corrected chi connectivity index (χ0v) is 12.0. The van der Waals surface area contributed by atoms with Crippen LogP contribution in [0.2, 0.25) is 0 Å². The van der Waals surface area contributed by atoms with Gasteiger partial charge in [0.05, 0.1) is 11.3 Å². The van der Waals surface area contributed by atoms with E-state index in [0.717, 1.165) is 6.42 Å². The topological polar surface area (TPSA) is 55.6 Å². The van der Waals surface area contributed by atoms with E-state index in [0.29, 0.717) is 23.3 Å². The quantitative estimate of drug-likeness (QED) is 0.818. The Labute approximate surface area is 114 Å². The van der Waals surface area contributed by atoms with E-state index in [9.17, 15) is 9.18 Å². The van der Waals surface area contributed by atoms with Gasteiger partial charge in [0.15, 0.2) is 0 Å². The summed E-state index contributed by atoms with van der Waals surface area (Å²) < 4.78 is 19.2. The van der Waals surface area contributed by atoms with Crippen molar-refractivity contribution in [1.29, 1.82) is 0 Å². The number of amides is 1. The van der Waals surface area contributed by atoms with Crippen LogP contribution in [0.5, 0.6) is 0 Å². The Morgan fingerprint density at radius 3 is 2.78 bits per heavy atom. The monoisotopic (exact) mass is 318 g/mol. The summed E-state index contributed by atoms with van der Waals surface area (Å²) in [5, 5.41) is 0. The van der Waals surface area contributed by atoms with Crippen LogP contribution in [0, 0.1) is 5.82 Å². The number of nitrogens with zero attached hydrogens (tertiary/aromatic N) is 1. The van der Waals surface area contributed by atoms with Gasteiger partial charge in [0, 0.05) is 31.8 Å². The van der Waals surface area contributed by atoms with Gasteiger partial charge in [-0.15, -0.1) is 0 Å². The van der Waals surface area contributed by atoms with E-state index >= 15 is 0 Å². The summed E-state index contributed by atoms with van der Waals surface area (Å²) in [5.41, 5.74) is 5.60. The molecule has 1 amide bonds. The highest BCUT2D eigenvalue weighted by Gasteiger charge is 2.18. The number of ether oxygens (including phenoxy) is 1. The van der Waals surface area contributed by atoms with Crippen LogP contribution < -0.4 is 10.6 Å². The standard InChI is InChI=1S/C12H16BrFN2O2/c1-16(4-3-5-18-2)10-7-8(13)6-9(14)11(10)12(15)17/h6-7H,3-5H2,1-2H3,(H2,15,17). The van der Waals surface area contributed by atoms with Gasteiger partial charge in [0.1, 0.15) is 5.82 Å². The summed E-state index contributed by atoms with van der Waals surface area (Å²) >= 11 is 3.20. The van der Waals surface area contributed by atoms with Gasteiger partial charge in [-0.25, -0.2) is 4.39 Å². The van der Waals surface area contributed by atoms with Crippen molar-refractivity contribution in [3.63, 3.8) is 0 Å². The van der Waals surface area contributed by atoms with Crippen LogP contribution in [0.4, 0.5) is 10.1 Å². The lowest BCUT2D eigenvalue weighted by Gasteiger charge is -2.22. The van der Waals surface area contributed by atoms with Crippen LogP contribution in [0.3, 0.4) is 0 Å². The molecule has 100 valence electrons. The van der Waals surface area contributed by atoms with Gasteiger partial charge >= 0.3 is 0 Å². The molecule has 0 aliphatic carbocycles. The Kier molecular flexibility index (Phi) is 5.55. The molecule has 0 saturated heterocycles. The average Bonchev–Trinajstić information content (AvgIpc) is 2.27. The molecule has 0 radical (unpaired) electrons. The maximum Gasteiger partial charge on any atom is 0.253 e. The highest BCUT2D eigenvalue weighted by molar-refractivity contribution is 9.10. The van der Waals surface area contributed by atoms with Gasteiger partial charge in [-0.1, -0.05) is 15.9 Å². The normalized spacial score (nSPS) is 10.4. The molecule has 0 saturated carbocycles. The van der Waals surface area contributed by atoms with Gasteiger partial charge < -0.3 is 15.4 Å². The van der Waals surface area contributed by atoms with Crippen molar-refractivity contribution in [2.75, 3.05) is 32.2 Å². The Morgan fingerprint density at radius 1 is 1.56 bits per heavy atom. The fraction of sp³-hybridized carbons (Fsp3) is 0.417. The molecular formula is C12H16BrFN2O2. The number of carbonyl (C=O) groups is 1. The summed E-state index contributed by atoms with van der Waals surface area (Å²) in [5.74, 6) is -1.39. The predicted molar refractivity (Wildman–Crippen MR) is 72.4 cm³/mol. The number of benzene rings is 1. The number of rotatable bonds is 6. The molecule has 0 bridgehead atoms. The predicted octanol–water partition coefficient (Wildman–Crippen LogP) is 2.16. The Balaban J connectivity index is 3.02. The smallest absolute Gasteiger partial charge is 0.253 e. The number of halogens is 2. The highest BCUT2D eigenvalue weighted by atomic mass is 79.9. The minimum atomic E-state index is -0.770. The first-order chi connectivity index (χ1) is 8.47. The summed E-state index contributed by atoms with van der Waals surface area (Å²) in [7, 11) is 3.40. The van der Waals surface area contributed by atoms with Crippen LogP contribution in [0.1, 0.15) is 16.8 Å². The molecule has 0 unspecified atom stereocenters. The molecule has 1 rings (SSSR count).